The van der Waals surface area contributed by atoms with Crippen LogP contribution in [0.5, 0.6) is 0 Å². The van der Waals surface area contributed by atoms with Crippen LogP contribution in [0.2, 0.25) is 0 Å². The van der Waals surface area contributed by atoms with Crippen molar-refractivity contribution in [1.82, 2.24) is 0 Å². The molecule has 0 amide bonds. The fourth-order valence-electron chi connectivity index (χ4n) is 0.265. The van der Waals surface area contributed by atoms with Gasteiger partial charge in [0.05, 0.1) is 5.71 Å². The second-order valence-corrected chi connectivity index (χ2v) is 3.09. The highest BCUT2D eigenvalue weighted by Crippen LogP contribution is 1.81. The lowest BCUT2D eigenvalue weighted by molar-refractivity contribution is 0.664. The summed E-state index contributed by atoms with van der Waals surface area (Å²) in [6.07, 6.45) is 0.676. The maximum absolute atomic E-state index is 6.97. The minimum absolute atomic E-state index is 0.377. The molecule has 0 rings (SSSR count). The molecule has 0 atom stereocenters. The maximum atomic E-state index is 6.97. The highest BCUT2D eigenvalue weighted by molar-refractivity contribution is 6.38. The van der Waals surface area contributed by atoms with Crippen LogP contribution in [0.3, 0.4) is 0 Å². The Morgan fingerprint density at radius 1 is 1.33 bits per heavy atom. The van der Waals surface area contributed by atoms with E-state index in [-0.39, 0.29) is 0 Å². The molecule has 0 saturated carbocycles. The molecule has 0 aromatic rings. The molecule has 0 radical (unpaired) electrons. The molecule has 3 heteroatoms. The average molecular weight is 171 g/mol. The van der Waals surface area contributed by atoms with Crippen molar-refractivity contribution in [2.24, 2.45) is 11.7 Å². The lowest BCUT2D eigenvalue weighted by atomic mass is 10.2. The molecule has 0 saturated heterocycles. The van der Waals surface area contributed by atoms with Gasteiger partial charge < -0.3 is 16.6 Å². The molecule has 12 heavy (non-hydrogen) atoms. The third-order valence-electron chi connectivity index (χ3n) is 1.28. The van der Waals surface area contributed by atoms with Gasteiger partial charge >= 0.3 is 0 Å². The van der Waals surface area contributed by atoms with Gasteiger partial charge in [-0.3, -0.25) is 0 Å². The zero-order chi connectivity index (χ0) is 10.1. The SMILES string of the molecule is CC(C)CN.CCC(=N)C(C)=N. The van der Waals surface area contributed by atoms with Gasteiger partial charge in [-0.05, 0) is 25.8 Å². The second kappa shape index (κ2) is 8.40. The maximum Gasteiger partial charge on any atom is 0.0515 e. The first-order chi connectivity index (χ1) is 5.45. The zero-order valence-electron chi connectivity index (χ0n) is 8.57. The van der Waals surface area contributed by atoms with Crippen LogP contribution in [0.4, 0.5) is 0 Å². The summed E-state index contributed by atoms with van der Waals surface area (Å²) in [5.74, 6) is 0.662. The highest BCUT2D eigenvalue weighted by Gasteiger charge is 1.90. The Bertz CT molecular complexity index is 139. The number of nitrogens with two attached hydrogens (primary N) is 1. The number of hydrogen-bond acceptors (Lipinski definition) is 3. The molecule has 0 unspecified atom stereocenters. The molecule has 0 bridgehead atoms. The summed E-state index contributed by atoms with van der Waals surface area (Å²) in [6, 6.07) is 0. The van der Waals surface area contributed by atoms with Crippen molar-refractivity contribution in [3.05, 3.63) is 0 Å². The summed E-state index contributed by atoms with van der Waals surface area (Å²) >= 11 is 0. The Morgan fingerprint density at radius 3 is 1.67 bits per heavy atom. The van der Waals surface area contributed by atoms with Crippen LogP contribution in [-0.2, 0) is 0 Å². The summed E-state index contributed by atoms with van der Waals surface area (Å²) in [4.78, 5) is 0. The van der Waals surface area contributed by atoms with E-state index in [1.54, 1.807) is 6.92 Å². The molecule has 0 fully saturated rings. The summed E-state index contributed by atoms with van der Waals surface area (Å²) in [5, 5.41) is 13.8. The van der Waals surface area contributed by atoms with Crippen LogP contribution in [-0.4, -0.2) is 18.0 Å². The van der Waals surface area contributed by atoms with Crippen molar-refractivity contribution < 1.29 is 0 Å². The average Bonchev–Trinajstić information content (AvgIpc) is 2.04. The highest BCUT2D eigenvalue weighted by atomic mass is 14.5. The molecule has 0 aliphatic heterocycles. The van der Waals surface area contributed by atoms with Crippen molar-refractivity contribution >= 4 is 11.4 Å². The predicted octanol–water partition coefficient (Wildman–Crippen LogP) is 2.06. The minimum atomic E-state index is 0.377. The Hall–Kier alpha value is -0.700. The molecule has 0 aromatic heterocycles. The topological polar surface area (TPSA) is 73.7 Å². The fourth-order valence-corrected chi connectivity index (χ4v) is 0.265. The van der Waals surface area contributed by atoms with Crippen molar-refractivity contribution in [2.75, 3.05) is 6.54 Å². The van der Waals surface area contributed by atoms with Gasteiger partial charge in [0.2, 0.25) is 0 Å². The monoisotopic (exact) mass is 171 g/mol. The van der Waals surface area contributed by atoms with E-state index in [4.69, 9.17) is 16.6 Å². The van der Waals surface area contributed by atoms with Crippen LogP contribution in [0.1, 0.15) is 34.1 Å². The van der Waals surface area contributed by atoms with E-state index in [1.807, 2.05) is 6.92 Å². The summed E-state index contributed by atoms with van der Waals surface area (Å²) in [5.41, 5.74) is 5.98. The summed E-state index contributed by atoms with van der Waals surface area (Å²) in [6.45, 7) is 8.51. The fraction of sp³-hybridized carbons (Fsp3) is 0.778. The standard InChI is InChI=1S/C5H10N2.C4H11N/c1-3-5(7)4(2)6;1-4(2)3-5/h6-7H,3H2,1-2H3;4H,3,5H2,1-2H3. The van der Waals surface area contributed by atoms with Gasteiger partial charge in [-0.1, -0.05) is 20.8 Å². The van der Waals surface area contributed by atoms with Gasteiger partial charge in [-0.2, -0.15) is 0 Å². The van der Waals surface area contributed by atoms with E-state index in [0.717, 1.165) is 6.54 Å². The Kier molecular flexibility index (Phi) is 9.70. The van der Waals surface area contributed by atoms with Crippen molar-refractivity contribution in [3.63, 3.8) is 0 Å². The van der Waals surface area contributed by atoms with Crippen molar-refractivity contribution in [3.8, 4) is 0 Å². The number of nitrogens with one attached hydrogen (secondary N) is 2. The van der Waals surface area contributed by atoms with Gasteiger partial charge in [-0.25, -0.2) is 0 Å². The molecule has 0 heterocycles. The molecular weight excluding hydrogens is 150 g/mol. The minimum Gasteiger partial charge on any atom is -0.330 e. The van der Waals surface area contributed by atoms with Gasteiger partial charge in [-0.15, -0.1) is 0 Å². The first-order valence-corrected chi connectivity index (χ1v) is 4.28. The third-order valence-corrected chi connectivity index (χ3v) is 1.28. The lowest BCUT2D eigenvalue weighted by Gasteiger charge is -1.91. The molecule has 3 nitrogen and oxygen atoms in total. The number of hydrogen-bond donors (Lipinski definition) is 3. The van der Waals surface area contributed by atoms with Gasteiger partial charge in [0.1, 0.15) is 0 Å². The first-order valence-electron chi connectivity index (χ1n) is 4.28. The number of rotatable bonds is 3. The summed E-state index contributed by atoms with van der Waals surface area (Å²) in [7, 11) is 0. The van der Waals surface area contributed by atoms with Crippen LogP contribution >= 0.6 is 0 Å². The molecule has 0 spiro atoms. The van der Waals surface area contributed by atoms with Gasteiger partial charge in [0.15, 0.2) is 0 Å². The lowest BCUT2D eigenvalue weighted by Crippen LogP contribution is -2.05. The van der Waals surface area contributed by atoms with Crippen molar-refractivity contribution in [1.29, 1.82) is 10.8 Å². The molecule has 72 valence electrons. The second-order valence-electron chi connectivity index (χ2n) is 3.09. The van der Waals surface area contributed by atoms with E-state index in [9.17, 15) is 0 Å². The van der Waals surface area contributed by atoms with Gasteiger partial charge in [0.25, 0.3) is 0 Å². The van der Waals surface area contributed by atoms with Crippen LogP contribution in [0.25, 0.3) is 0 Å². The van der Waals surface area contributed by atoms with E-state index < -0.39 is 0 Å². The normalized spacial score (nSPS) is 8.83. The van der Waals surface area contributed by atoms with E-state index in [2.05, 4.69) is 13.8 Å². The first kappa shape index (κ1) is 13.9. The largest absolute Gasteiger partial charge is 0.330 e. The Balaban J connectivity index is 0. The smallest absolute Gasteiger partial charge is 0.0515 e. The Morgan fingerprint density at radius 2 is 1.67 bits per heavy atom. The third kappa shape index (κ3) is 12.0. The molecule has 0 aliphatic rings. The van der Waals surface area contributed by atoms with Crippen molar-refractivity contribution in [2.45, 2.75) is 34.1 Å². The van der Waals surface area contributed by atoms with E-state index in [0.29, 0.717) is 23.8 Å². The Labute approximate surface area is 75.4 Å². The summed E-state index contributed by atoms with van der Waals surface area (Å²) < 4.78 is 0. The quantitative estimate of drug-likeness (QED) is 0.559. The van der Waals surface area contributed by atoms with E-state index in [1.165, 1.54) is 0 Å². The molecular formula is C9H21N3. The zero-order valence-corrected chi connectivity index (χ0v) is 8.57. The van der Waals surface area contributed by atoms with E-state index >= 15 is 0 Å². The molecule has 0 aliphatic carbocycles. The molecule has 0 aromatic carbocycles. The predicted molar refractivity (Wildman–Crippen MR) is 55.3 cm³/mol. The van der Waals surface area contributed by atoms with Gasteiger partial charge in [0, 0.05) is 5.71 Å². The van der Waals surface area contributed by atoms with Crippen LogP contribution in [0.15, 0.2) is 0 Å². The van der Waals surface area contributed by atoms with Crippen LogP contribution in [0, 0.1) is 16.7 Å². The van der Waals surface area contributed by atoms with Crippen LogP contribution < -0.4 is 5.73 Å². The molecule has 4 N–H and O–H groups in total.